The molecule has 3 fully saturated rings. The molecule has 1 N–H and O–H groups in total. The summed E-state index contributed by atoms with van der Waals surface area (Å²) in [5, 5.41) is 9.25. The van der Waals surface area contributed by atoms with E-state index in [0.29, 0.717) is 32.4 Å². The first-order chi connectivity index (χ1) is 15.2. The van der Waals surface area contributed by atoms with Crippen LogP contribution in [0, 0.1) is 11.8 Å². The number of aliphatic hydroxyl groups is 1. The van der Waals surface area contributed by atoms with E-state index in [4.69, 9.17) is 4.74 Å². The van der Waals surface area contributed by atoms with E-state index in [1.165, 1.54) is 6.08 Å². The lowest BCUT2D eigenvalue weighted by molar-refractivity contribution is -0.154. The van der Waals surface area contributed by atoms with E-state index in [0.717, 1.165) is 6.42 Å². The Labute approximate surface area is 195 Å². The summed E-state index contributed by atoms with van der Waals surface area (Å²) in [4.78, 5) is 44.3. The highest BCUT2D eigenvalue weighted by Gasteiger charge is 2.77. The summed E-state index contributed by atoms with van der Waals surface area (Å²) in [6, 6.07) is -0.678. The lowest BCUT2D eigenvalue weighted by Crippen LogP contribution is -2.56. The normalized spacial score (nSPS) is 32.8. The molecular formula is C24H36N2O5S. The number of unbranched alkanes of at least 4 members (excludes halogenated alkanes) is 1. The Kier molecular flexibility index (Phi) is 7.44. The zero-order valence-electron chi connectivity index (χ0n) is 19.4. The molecular weight excluding hydrogens is 428 g/mol. The molecule has 32 heavy (non-hydrogen) atoms. The molecule has 0 saturated carbocycles. The van der Waals surface area contributed by atoms with Crippen LogP contribution in [-0.2, 0) is 19.1 Å². The molecule has 0 aromatic carbocycles. The number of nitrogens with zero attached hydrogens (tertiary/aromatic N) is 2. The second kappa shape index (κ2) is 9.59. The molecule has 3 saturated heterocycles. The molecule has 5 atom stereocenters. The molecule has 8 heteroatoms. The summed E-state index contributed by atoms with van der Waals surface area (Å²) >= 11 is 1.64. The van der Waals surface area contributed by atoms with Crippen molar-refractivity contribution in [3.05, 3.63) is 25.3 Å². The van der Waals surface area contributed by atoms with Gasteiger partial charge in [-0.3, -0.25) is 14.4 Å². The number of likely N-dealkylation sites (tertiary alicyclic amines) is 1. The highest BCUT2D eigenvalue weighted by atomic mass is 32.2. The van der Waals surface area contributed by atoms with Gasteiger partial charge in [0.25, 0.3) is 0 Å². The van der Waals surface area contributed by atoms with E-state index in [1.54, 1.807) is 27.6 Å². The summed E-state index contributed by atoms with van der Waals surface area (Å²) in [7, 11) is 0. The fraction of sp³-hybridized carbons (Fsp3) is 0.708. The summed E-state index contributed by atoms with van der Waals surface area (Å²) < 4.78 is 4.34. The predicted molar refractivity (Wildman–Crippen MR) is 125 cm³/mol. The standard InChI is InChI=1S/C24H36N2O5S/c1-6-12-25(16(3)4)21(29)19-24-11-10-23(5,32-24)18(22(30)31-15-7-2)17(24)20(28)26(19)13-8-9-14-27/h6-7,16-19,27H,1-2,8-15H2,3-5H3/t17-,18-,19?,23+,24?/m0/s1. The Morgan fingerprint density at radius 2 is 2.03 bits per heavy atom. The number of carbonyl (C=O) groups excluding carboxylic acids is 3. The first-order valence-corrected chi connectivity index (χ1v) is 12.3. The molecule has 1 spiro atoms. The molecule has 2 unspecified atom stereocenters. The Morgan fingerprint density at radius 3 is 2.62 bits per heavy atom. The van der Waals surface area contributed by atoms with Gasteiger partial charge in [0.2, 0.25) is 11.8 Å². The van der Waals surface area contributed by atoms with Gasteiger partial charge in [0, 0.05) is 30.5 Å². The van der Waals surface area contributed by atoms with E-state index in [-0.39, 0.29) is 37.0 Å². The van der Waals surface area contributed by atoms with Crippen LogP contribution in [0.5, 0.6) is 0 Å². The van der Waals surface area contributed by atoms with Gasteiger partial charge in [0.1, 0.15) is 12.6 Å². The number of aliphatic hydroxyl groups excluding tert-OH is 1. The van der Waals surface area contributed by atoms with Crippen molar-refractivity contribution in [1.29, 1.82) is 0 Å². The number of esters is 1. The van der Waals surface area contributed by atoms with Crippen molar-refractivity contribution in [2.24, 2.45) is 11.8 Å². The van der Waals surface area contributed by atoms with Crippen molar-refractivity contribution >= 4 is 29.5 Å². The van der Waals surface area contributed by atoms with Crippen molar-refractivity contribution in [2.45, 2.75) is 68.0 Å². The molecule has 0 radical (unpaired) electrons. The van der Waals surface area contributed by atoms with Crippen LogP contribution in [0.3, 0.4) is 0 Å². The average Bonchev–Trinajstić information content (AvgIpc) is 3.31. The van der Waals surface area contributed by atoms with Crippen LogP contribution in [0.1, 0.15) is 46.5 Å². The zero-order chi connectivity index (χ0) is 23.7. The molecule has 0 aromatic heterocycles. The van der Waals surface area contributed by atoms with Crippen molar-refractivity contribution in [1.82, 2.24) is 9.80 Å². The SMILES string of the molecule is C=CCOC(=O)[C@@H]1[C@H]2C(=O)N(CCCCO)C(C(=O)N(CC=C)C(C)C)C23CC[C@@]1(C)S3. The Balaban J connectivity index is 2.03. The number of amides is 2. The molecule has 3 heterocycles. The van der Waals surface area contributed by atoms with Crippen LogP contribution in [0.25, 0.3) is 0 Å². The minimum atomic E-state index is -0.645. The second-order valence-electron chi connectivity index (χ2n) is 9.48. The van der Waals surface area contributed by atoms with Gasteiger partial charge < -0.3 is 19.6 Å². The minimum absolute atomic E-state index is 0.0348. The maximum absolute atomic E-state index is 13.9. The number of thioether (sulfide) groups is 1. The monoisotopic (exact) mass is 464 g/mol. The Hall–Kier alpha value is -1.80. The molecule has 178 valence electrons. The third kappa shape index (κ3) is 3.89. The maximum Gasteiger partial charge on any atom is 0.311 e. The van der Waals surface area contributed by atoms with Gasteiger partial charge in [-0.05, 0) is 46.5 Å². The van der Waals surface area contributed by atoms with Gasteiger partial charge in [-0.25, -0.2) is 0 Å². The Morgan fingerprint density at radius 1 is 1.31 bits per heavy atom. The summed E-state index contributed by atoms with van der Waals surface area (Å²) in [6.07, 6.45) is 5.85. The fourth-order valence-electron chi connectivity index (χ4n) is 5.78. The lowest BCUT2D eigenvalue weighted by Gasteiger charge is -2.38. The van der Waals surface area contributed by atoms with E-state index >= 15 is 0 Å². The molecule has 0 aromatic rings. The molecule has 7 nitrogen and oxygen atoms in total. The smallest absolute Gasteiger partial charge is 0.311 e. The van der Waals surface area contributed by atoms with Crippen LogP contribution >= 0.6 is 11.8 Å². The minimum Gasteiger partial charge on any atom is -0.461 e. The van der Waals surface area contributed by atoms with E-state index in [2.05, 4.69) is 13.2 Å². The van der Waals surface area contributed by atoms with Gasteiger partial charge in [-0.2, -0.15) is 0 Å². The second-order valence-corrected chi connectivity index (χ2v) is 11.4. The van der Waals surface area contributed by atoms with Gasteiger partial charge in [0.15, 0.2) is 0 Å². The van der Waals surface area contributed by atoms with Crippen molar-refractivity contribution in [3.63, 3.8) is 0 Å². The van der Waals surface area contributed by atoms with Crippen LogP contribution in [0.15, 0.2) is 25.3 Å². The summed E-state index contributed by atoms with van der Waals surface area (Å²) in [5.74, 6) is -1.77. The molecule has 3 aliphatic rings. The molecule has 3 rings (SSSR count). The van der Waals surface area contributed by atoms with E-state index in [1.807, 2.05) is 20.8 Å². The number of fused-ring (bicyclic) bond motifs is 1. The van der Waals surface area contributed by atoms with Crippen LogP contribution in [0.4, 0.5) is 0 Å². The molecule has 2 amide bonds. The number of hydrogen-bond acceptors (Lipinski definition) is 6. The van der Waals surface area contributed by atoms with Gasteiger partial charge in [-0.1, -0.05) is 18.7 Å². The summed E-state index contributed by atoms with van der Waals surface area (Å²) in [6.45, 7) is 14.3. The lowest BCUT2D eigenvalue weighted by atomic mass is 9.66. The zero-order valence-corrected chi connectivity index (χ0v) is 20.2. The number of ether oxygens (including phenoxy) is 1. The van der Waals surface area contributed by atoms with Gasteiger partial charge >= 0.3 is 5.97 Å². The van der Waals surface area contributed by atoms with Crippen LogP contribution in [-0.4, -0.2) is 80.6 Å². The first kappa shape index (κ1) is 24.8. The Bertz CT molecular complexity index is 786. The third-order valence-corrected chi connectivity index (χ3v) is 9.13. The summed E-state index contributed by atoms with van der Waals surface area (Å²) in [5.41, 5.74) is 0. The third-order valence-electron chi connectivity index (χ3n) is 7.15. The van der Waals surface area contributed by atoms with Crippen molar-refractivity contribution in [3.8, 4) is 0 Å². The number of rotatable bonds is 11. The molecule has 0 aliphatic carbocycles. The number of hydrogen-bond donors (Lipinski definition) is 1. The van der Waals surface area contributed by atoms with Crippen LogP contribution in [0.2, 0.25) is 0 Å². The average molecular weight is 465 g/mol. The highest BCUT2D eigenvalue weighted by Crippen LogP contribution is 2.71. The predicted octanol–water partition coefficient (Wildman–Crippen LogP) is 2.39. The maximum atomic E-state index is 13.9. The van der Waals surface area contributed by atoms with Gasteiger partial charge in [-0.15, -0.1) is 18.3 Å². The fourth-order valence-corrected chi connectivity index (χ4v) is 8.12. The van der Waals surface area contributed by atoms with Crippen LogP contribution < -0.4 is 0 Å². The first-order valence-electron chi connectivity index (χ1n) is 11.5. The largest absolute Gasteiger partial charge is 0.461 e. The number of carbonyl (C=O) groups is 3. The molecule has 3 aliphatic heterocycles. The van der Waals surface area contributed by atoms with Crippen molar-refractivity contribution < 1.29 is 24.2 Å². The topological polar surface area (TPSA) is 87.1 Å². The highest BCUT2D eigenvalue weighted by molar-refractivity contribution is 8.02. The van der Waals surface area contributed by atoms with E-state index < -0.39 is 27.4 Å². The quantitative estimate of drug-likeness (QED) is 0.287. The van der Waals surface area contributed by atoms with Crippen molar-refractivity contribution in [2.75, 3.05) is 26.3 Å². The molecule has 2 bridgehead atoms. The van der Waals surface area contributed by atoms with Gasteiger partial charge in [0.05, 0.1) is 16.6 Å². The van der Waals surface area contributed by atoms with E-state index in [9.17, 15) is 19.5 Å².